The Morgan fingerprint density at radius 3 is 2.75 bits per heavy atom. The number of nitrogens with one attached hydrogen (secondary N) is 2. The SMILES string of the molecule is CC1(C)N[S@@](=O)N=C1SC(=N)N. The Balaban J connectivity index is 2.81. The molecule has 0 bridgehead atoms. The highest BCUT2D eigenvalue weighted by molar-refractivity contribution is 8.27. The number of hydrogen-bond acceptors (Lipinski definition) is 3. The number of rotatable bonds is 0. The lowest BCUT2D eigenvalue weighted by Gasteiger charge is -2.17. The summed E-state index contributed by atoms with van der Waals surface area (Å²) in [4.78, 5) is 0. The van der Waals surface area contributed by atoms with Gasteiger partial charge in [-0.2, -0.15) is 4.40 Å². The molecular weight excluding hydrogens is 196 g/mol. The zero-order chi connectivity index (χ0) is 9.35. The van der Waals surface area contributed by atoms with E-state index in [0.29, 0.717) is 5.04 Å². The molecule has 0 saturated carbocycles. The molecular formula is C5H10N4OS2. The lowest BCUT2D eigenvalue weighted by molar-refractivity contribution is 0.629. The summed E-state index contributed by atoms with van der Waals surface area (Å²) < 4.78 is 17.5. The Morgan fingerprint density at radius 2 is 2.42 bits per heavy atom. The molecule has 12 heavy (non-hydrogen) atoms. The smallest absolute Gasteiger partial charge is 0.217 e. The van der Waals surface area contributed by atoms with Crippen molar-refractivity contribution in [3.63, 3.8) is 0 Å². The number of nitrogens with zero attached hydrogens (tertiary/aromatic N) is 1. The molecule has 1 aliphatic rings. The molecule has 0 unspecified atom stereocenters. The highest BCUT2D eigenvalue weighted by Gasteiger charge is 2.34. The lowest BCUT2D eigenvalue weighted by Crippen LogP contribution is -2.40. The van der Waals surface area contributed by atoms with Gasteiger partial charge in [-0.3, -0.25) is 5.41 Å². The lowest BCUT2D eigenvalue weighted by atomic mass is 10.1. The molecule has 68 valence electrons. The van der Waals surface area contributed by atoms with Gasteiger partial charge in [0.15, 0.2) is 5.17 Å². The minimum Gasteiger partial charge on any atom is -0.378 e. The van der Waals surface area contributed by atoms with E-state index in [1.165, 1.54) is 0 Å². The highest BCUT2D eigenvalue weighted by atomic mass is 32.2. The Hall–Kier alpha value is -0.400. The van der Waals surface area contributed by atoms with Crippen LogP contribution in [0.15, 0.2) is 4.40 Å². The van der Waals surface area contributed by atoms with Crippen LogP contribution in [0.4, 0.5) is 0 Å². The van der Waals surface area contributed by atoms with Gasteiger partial charge in [-0.1, -0.05) is 0 Å². The van der Waals surface area contributed by atoms with Crippen molar-refractivity contribution in [1.82, 2.24) is 4.72 Å². The molecule has 5 nitrogen and oxygen atoms in total. The fourth-order valence-electron chi connectivity index (χ4n) is 0.725. The monoisotopic (exact) mass is 206 g/mol. The summed E-state index contributed by atoms with van der Waals surface area (Å²) in [6, 6.07) is 0. The summed E-state index contributed by atoms with van der Waals surface area (Å²) in [6.07, 6.45) is 0. The van der Waals surface area contributed by atoms with Crippen LogP contribution in [0.2, 0.25) is 0 Å². The number of hydrogen-bond donors (Lipinski definition) is 3. The van der Waals surface area contributed by atoms with E-state index in [2.05, 4.69) is 9.12 Å². The molecule has 0 aromatic carbocycles. The van der Waals surface area contributed by atoms with Crippen molar-refractivity contribution < 1.29 is 4.21 Å². The van der Waals surface area contributed by atoms with Gasteiger partial charge in [0, 0.05) is 0 Å². The topological polar surface area (TPSA) is 91.3 Å². The van der Waals surface area contributed by atoms with E-state index in [1.54, 1.807) is 0 Å². The third-order valence-corrected chi connectivity index (χ3v) is 3.41. The van der Waals surface area contributed by atoms with Gasteiger partial charge >= 0.3 is 0 Å². The molecule has 0 fully saturated rings. The fourth-order valence-corrected chi connectivity index (χ4v) is 2.61. The summed E-state index contributed by atoms with van der Waals surface area (Å²) in [5, 5.41) is 7.59. The first kappa shape index (κ1) is 9.69. The Morgan fingerprint density at radius 1 is 1.83 bits per heavy atom. The molecule has 4 N–H and O–H groups in total. The molecule has 0 spiro atoms. The first-order valence-electron chi connectivity index (χ1n) is 3.22. The van der Waals surface area contributed by atoms with Crippen LogP contribution in [-0.4, -0.2) is 20.0 Å². The van der Waals surface area contributed by atoms with E-state index >= 15 is 0 Å². The fraction of sp³-hybridized carbons (Fsp3) is 0.600. The highest BCUT2D eigenvalue weighted by Crippen LogP contribution is 2.22. The largest absolute Gasteiger partial charge is 0.378 e. The molecule has 0 saturated heterocycles. The summed E-state index contributed by atoms with van der Waals surface area (Å²) in [6.45, 7) is 3.68. The van der Waals surface area contributed by atoms with Gasteiger partial charge in [0.1, 0.15) is 5.04 Å². The quantitative estimate of drug-likeness (QED) is 0.384. The number of amidine groups is 1. The first-order chi connectivity index (χ1) is 5.42. The Kier molecular flexibility index (Phi) is 2.55. The molecule has 7 heteroatoms. The van der Waals surface area contributed by atoms with Crippen LogP contribution in [0.5, 0.6) is 0 Å². The third-order valence-electron chi connectivity index (χ3n) is 1.25. The van der Waals surface area contributed by atoms with Crippen molar-refractivity contribution in [1.29, 1.82) is 5.41 Å². The van der Waals surface area contributed by atoms with E-state index in [4.69, 9.17) is 11.1 Å². The molecule has 0 amide bonds. The summed E-state index contributed by atoms with van der Waals surface area (Å²) in [7, 11) is 0. The minimum atomic E-state index is -1.37. The molecule has 1 atom stereocenters. The average molecular weight is 206 g/mol. The van der Waals surface area contributed by atoms with Gasteiger partial charge in [-0.25, -0.2) is 8.93 Å². The standard InChI is InChI=1S/C5H10N4OS2/c1-5(2)3(11-4(6)7)8-12(10)9-5/h9H,1-2H3,(H3,6,7)/t12-/m0/s1. The van der Waals surface area contributed by atoms with Crippen molar-refractivity contribution in [2.24, 2.45) is 10.1 Å². The van der Waals surface area contributed by atoms with Crippen LogP contribution < -0.4 is 10.5 Å². The Bertz CT molecular complexity index is 273. The van der Waals surface area contributed by atoms with E-state index in [1.807, 2.05) is 13.8 Å². The summed E-state index contributed by atoms with van der Waals surface area (Å²) in [5.74, 6) is 0. The second-order valence-electron chi connectivity index (χ2n) is 2.84. The third kappa shape index (κ3) is 2.05. The van der Waals surface area contributed by atoms with Crippen LogP contribution in [0, 0.1) is 5.41 Å². The van der Waals surface area contributed by atoms with Crippen LogP contribution in [0.3, 0.4) is 0 Å². The zero-order valence-electron chi connectivity index (χ0n) is 6.75. The average Bonchev–Trinajstić information content (AvgIpc) is 2.04. The van der Waals surface area contributed by atoms with Gasteiger partial charge in [-0.15, -0.1) is 0 Å². The molecule has 0 aromatic heterocycles. The summed E-state index contributed by atoms with van der Waals surface area (Å²) >= 11 is -0.346. The van der Waals surface area contributed by atoms with E-state index in [0.717, 1.165) is 11.8 Å². The maximum atomic E-state index is 10.9. The zero-order valence-corrected chi connectivity index (χ0v) is 8.38. The van der Waals surface area contributed by atoms with Crippen LogP contribution in [0.25, 0.3) is 0 Å². The normalized spacial score (nSPS) is 26.8. The maximum Gasteiger partial charge on any atom is 0.217 e. The molecule has 0 radical (unpaired) electrons. The van der Waals surface area contributed by atoms with Gasteiger partial charge in [0.2, 0.25) is 11.2 Å². The second-order valence-corrected chi connectivity index (χ2v) is 4.75. The predicted octanol–water partition coefficient (Wildman–Crippen LogP) is -0.0279. The summed E-state index contributed by atoms with van der Waals surface area (Å²) in [5.41, 5.74) is 4.73. The maximum absolute atomic E-state index is 10.9. The molecule has 1 heterocycles. The molecule has 0 aliphatic carbocycles. The number of thioether (sulfide) groups is 1. The number of nitrogens with two attached hydrogens (primary N) is 1. The molecule has 0 aromatic rings. The second kappa shape index (κ2) is 3.15. The van der Waals surface area contributed by atoms with Crippen molar-refractivity contribution in [3.8, 4) is 0 Å². The predicted molar refractivity (Wildman–Crippen MR) is 52.3 cm³/mol. The van der Waals surface area contributed by atoms with Gasteiger partial charge in [-0.05, 0) is 25.6 Å². The Labute approximate surface area is 77.4 Å². The van der Waals surface area contributed by atoms with E-state index in [-0.39, 0.29) is 5.17 Å². The minimum absolute atomic E-state index is 0.0393. The van der Waals surface area contributed by atoms with Crippen LogP contribution >= 0.6 is 11.8 Å². The van der Waals surface area contributed by atoms with Crippen molar-refractivity contribution in [2.45, 2.75) is 19.4 Å². The van der Waals surface area contributed by atoms with Crippen LogP contribution in [0.1, 0.15) is 13.8 Å². The van der Waals surface area contributed by atoms with Crippen molar-refractivity contribution in [2.75, 3.05) is 0 Å². The first-order valence-corrected chi connectivity index (χ1v) is 5.15. The molecule has 1 aliphatic heterocycles. The van der Waals surface area contributed by atoms with Crippen molar-refractivity contribution in [3.05, 3.63) is 0 Å². The molecule has 1 rings (SSSR count). The van der Waals surface area contributed by atoms with Crippen molar-refractivity contribution >= 4 is 33.1 Å². The van der Waals surface area contributed by atoms with Gasteiger partial charge in [0.05, 0.1) is 5.54 Å². The van der Waals surface area contributed by atoms with E-state index in [9.17, 15) is 4.21 Å². The van der Waals surface area contributed by atoms with E-state index < -0.39 is 16.7 Å². The van der Waals surface area contributed by atoms with Crippen LogP contribution in [-0.2, 0) is 11.2 Å². The van der Waals surface area contributed by atoms with Gasteiger partial charge in [0.25, 0.3) is 0 Å². The van der Waals surface area contributed by atoms with Gasteiger partial charge < -0.3 is 5.73 Å².